The van der Waals surface area contributed by atoms with Gasteiger partial charge in [-0.1, -0.05) is 224 Å². The van der Waals surface area contributed by atoms with E-state index >= 15 is 0 Å². The highest BCUT2D eigenvalue weighted by molar-refractivity contribution is 6.12. The van der Waals surface area contributed by atoms with Gasteiger partial charge >= 0.3 is 0 Å². The minimum atomic E-state index is 1.07. The van der Waals surface area contributed by atoms with E-state index in [2.05, 4.69) is 276 Å². The van der Waals surface area contributed by atoms with Gasteiger partial charge in [0.15, 0.2) is 0 Å². The second-order valence-corrected chi connectivity index (χ2v) is 16.9. The van der Waals surface area contributed by atoms with Crippen LogP contribution in [0.15, 0.2) is 267 Å². The van der Waals surface area contributed by atoms with E-state index in [1.165, 1.54) is 66.0 Å². The van der Waals surface area contributed by atoms with Crippen LogP contribution in [0.5, 0.6) is 0 Å². The van der Waals surface area contributed by atoms with E-state index in [1.54, 1.807) is 0 Å². The normalized spacial score (nSPS) is 11.3. The number of anilines is 3. The van der Waals surface area contributed by atoms with Gasteiger partial charge in [-0.15, -0.1) is 0 Å². The Hall–Kier alpha value is -8.72. The quantitative estimate of drug-likeness (QED) is 0.141. The minimum absolute atomic E-state index is 1.07. The molecule has 0 radical (unpaired) electrons. The standard InChI is InChI=1S/C64H44N2/c1-5-17-45(18-6-1)47-29-31-48(32-30-47)49-33-37-54(38-34-49)65-60-28-16-15-27-58(60)59-41-39-55(44-63(59)65)66(61-42-36-51-23-13-14-26-57(51)64(61)52-24-11-4-12-25-52)62-43-53(46-19-7-2-8-20-46)35-40-56(62)50-21-9-3-10-22-50/h1-44H. The molecule has 1 heterocycles. The Bertz CT molecular complexity index is 3650. The first-order valence-corrected chi connectivity index (χ1v) is 22.7. The number of hydrogen-bond acceptors (Lipinski definition) is 1. The fourth-order valence-electron chi connectivity index (χ4n) is 9.82. The molecule has 0 unspecified atom stereocenters. The number of para-hydroxylation sites is 1. The molecule has 0 saturated carbocycles. The summed E-state index contributed by atoms with van der Waals surface area (Å²) in [6.45, 7) is 0. The molecule has 12 rings (SSSR count). The Morgan fingerprint density at radius 2 is 0.758 bits per heavy atom. The average Bonchev–Trinajstić information content (AvgIpc) is 3.73. The number of nitrogens with zero attached hydrogens (tertiary/aromatic N) is 2. The SMILES string of the molecule is c1ccc(-c2ccc(-c3ccc(-n4c5ccccc5c5ccc(N(c6cc(-c7ccccc7)ccc6-c6ccccc6)c6ccc7ccccc7c6-c6ccccc6)cc54)cc3)cc2)cc1. The lowest BCUT2D eigenvalue weighted by Crippen LogP contribution is -2.13. The summed E-state index contributed by atoms with van der Waals surface area (Å²) < 4.78 is 2.44. The van der Waals surface area contributed by atoms with E-state index in [0.29, 0.717) is 0 Å². The highest BCUT2D eigenvalue weighted by atomic mass is 15.2. The number of fused-ring (bicyclic) bond motifs is 4. The lowest BCUT2D eigenvalue weighted by molar-refractivity contribution is 1.18. The molecule has 0 aliphatic carbocycles. The van der Waals surface area contributed by atoms with Crippen molar-refractivity contribution in [3.05, 3.63) is 267 Å². The van der Waals surface area contributed by atoms with Gasteiger partial charge < -0.3 is 9.47 Å². The topological polar surface area (TPSA) is 8.17 Å². The van der Waals surface area contributed by atoms with Crippen molar-refractivity contribution in [2.45, 2.75) is 0 Å². The molecule has 2 heteroatoms. The Balaban J connectivity index is 1.09. The summed E-state index contributed by atoms with van der Waals surface area (Å²) in [7, 11) is 0. The van der Waals surface area contributed by atoms with Crippen molar-refractivity contribution in [1.29, 1.82) is 0 Å². The predicted molar refractivity (Wildman–Crippen MR) is 280 cm³/mol. The third kappa shape index (κ3) is 7.02. The molecule has 0 bridgehead atoms. The summed E-state index contributed by atoms with van der Waals surface area (Å²) in [4.78, 5) is 2.51. The van der Waals surface area contributed by atoms with Crippen molar-refractivity contribution >= 4 is 49.6 Å². The van der Waals surface area contributed by atoms with Crippen LogP contribution in [-0.4, -0.2) is 4.57 Å². The van der Waals surface area contributed by atoms with Gasteiger partial charge in [0.1, 0.15) is 0 Å². The second-order valence-electron chi connectivity index (χ2n) is 16.9. The average molecular weight is 841 g/mol. The summed E-state index contributed by atoms with van der Waals surface area (Å²) in [6.07, 6.45) is 0. The van der Waals surface area contributed by atoms with Crippen LogP contribution >= 0.6 is 0 Å². The molecule has 0 aliphatic heterocycles. The summed E-state index contributed by atoms with van der Waals surface area (Å²) in [5, 5.41) is 4.83. The highest BCUT2D eigenvalue weighted by Gasteiger charge is 2.24. The molecule has 0 atom stereocenters. The van der Waals surface area contributed by atoms with Gasteiger partial charge in [-0.2, -0.15) is 0 Å². The lowest BCUT2D eigenvalue weighted by Gasteiger charge is -2.31. The molecule has 0 amide bonds. The zero-order valence-electron chi connectivity index (χ0n) is 36.3. The van der Waals surface area contributed by atoms with Crippen molar-refractivity contribution in [1.82, 2.24) is 4.57 Å². The second kappa shape index (κ2) is 16.8. The summed E-state index contributed by atoms with van der Waals surface area (Å²) in [5.41, 5.74) is 18.5. The molecular formula is C64H44N2. The zero-order chi connectivity index (χ0) is 43.8. The highest BCUT2D eigenvalue weighted by Crippen LogP contribution is 2.49. The molecule has 310 valence electrons. The number of rotatable bonds is 9. The lowest BCUT2D eigenvalue weighted by atomic mass is 9.93. The van der Waals surface area contributed by atoms with Crippen molar-refractivity contribution < 1.29 is 0 Å². The summed E-state index contributed by atoms with van der Waals surface area (Å²) in [5.74, 6) is 0. The van der Waals surface area contributed by atoms with E-state index in [9.17, 15) is 0 Å². The molecule has 0 fully saturated rings. The van der Waals surface area contributed by atoms with Crippen molar-refractivity contribution in [2.24, 2.45) is 0 Å². The van der Waals surface area contributed by atoms with Crippen LogP contribution in [0.3, 0.4) is 0 Å². The summed E-state index contributed by atoms with van der Waals surface area (Å²) in [6, 6.07) is 97.1. The van der Waals surface area contributed by atoms with Crippen molar-refractivity contribution in [2.75, 3.05) is 4.90 Å². The van der Waals surface area contributed by atoms with Gasteiger partial charge in [0.05, 0.1) is 22.4 Å². The summed E-state index contributed by atoms with van der Waals surface area (Å²) >= 11 is 0. The first-order chi connectivity index (χ1) is 32.7. The maximum absolute atomic E-state index is 2.51. The van der Waals surface area contributed by atoms with E-state index in [0.717, 1.165) is 45.0 Å². The van der Waals surface area contributed by atoms with Crippen molar-refractivity contribution in [3.63, 3.8) is 0 Å². The molecule has 11 aromatic carbocycles. The zero-order valence-corrected chi connectivity index (χ0v) is 36.3. The fourth-order valence-corrected chi connectivity index (χ4v) is 9.82. The van der Waals surface area contributed by atoms with Crippen LogP contribution in [0, 0.1) is 0 Å². The fraction of sp³-hybridized carbons (Fsp3) is 0. The molecule has 66 heavy (non-hydrogen) atoms. The minimum Gasteiger partial charge on any atom is -0.309 e. The predicted octanol–water partition coefficient (Wildman–Crippen LogP) is 17.7. The van der Waals surface area contributed by atoms with Gasteiger partial charge in [-0.3, -0.25) is 0 Å². The van der Waals surface area contributed by atoms with Crippen LogP contribution in [0.25, 0.3) is 93.9 Å². The van der Waals surface area contributed by atoms with Gasteiger partial charge in [0.2, 0.25) is 0 Å². The van der Waals surface area contributed by atoms with Crippen LogP contribution in [0.4, 0.5) is 17.1 Å². The smallest absolute Gasteiger partial charge is 0.0561 e. The van der Waals surface area contributed by atoms with Crippen LogP contribution in [0.2, 0.25) is 0 Å². The number of aromatic nitrogens is 1. The maximum Gasteiger partial charge on any atom is 0.0561 e. The van der Waals surface area contributed by atoms with E-state index < -0.39 is 0 Å². The molecule has 0 aliphatic rings. The van der Waals surface area contributed by atoms with Gasteiger partial charge in [-0.25, -0.2) is 0 Å². The van der Waals surface area contributed by atoms with Gasteiger partial charge in [-0.05, 0) is 97.7 Å². The largest absolute Gasteiger partial charge is 0.309 e. The monoisotopic (exact) mass is 840 g/mol. The molecule has 2 nitrogen and oxygen atoms in total. The first kappa shape index (κ1) is 38.9. The Morgan fingerprint density at radius 1 is 0.273 bits per heavy atom. The number of hydrogen-bond donors (Lipinski definition) is 0. The van der Waals surface area contributed by atoms with Crippen LogP contribution in [0.1, 0.15) is 0 Å². The van der Waals surface area contributed by atoms with Gasteiger partial charge in [0.25, 0.3) is 0 Å². The third-order valence-electron chi connectivity index (χ3n) is 13.0. The Kier molecular flexibility index (Phi) is 9.89. The molecule has 1 aromatic heterocycles. The molecular weight excluding hydrogens is 797 g/mol. The molecule has 0 N–H and O–H groups in total. The van der Waals surface area contributed by atoms with E-state index in [1.807, 2.05) is 0 Å². The Labute approximate surface area is 385 Å². The van der Waals surface area contributed by atoms with Gasteiger partial charge in [0, 0.05) is 33.3 Å². The van der Waals surface area contributed by atoms with Crippen LogP contribution in [-0.2, 0) is 0 Å². The molecule has 0 saturated heterocycles. The van der Waals surface area contributed by atoms with Crippen LogP contribution < -0.4 is 4.90 Å². The third-order valence-corrected chi connectivity index (χ3v) is 13.0. The van der Waals surface area contributed by atoms with E-state index in [-0.39, 0.29) is 0 Å². The number of benzene rings is 11. The van der Waals surface area contributed by atoms with Crippen molar-refractivity contribution in [3.8, 4) is 61.3 Å². The molecule has 0 spiro atoms. The maximum atomic E-state index is 2.51. The molecule has 12 aromatic rings. The Morgan fingerprint density at radius 3 is 1.41 bits per heavy atom. The first-order valence-electron chi connectivity index (χ1n) is 22.7. The van der Waals surface area contributed by atoms with E-state index in [4.69, 9.17) is 0 Å².